The molecule has 30 heavy (non-hydrogen) atoms. The average molecular weight is 415 g/mol. The van der Waals surface area contributed by atoms with Crippen LogP contribution in [0.1, 0.15) is 51.5 Å². The highest BCUT2D eigenvalue weighted by Gasteiger charge is 2.27. The fourth-order valence-corrected chi connectivity index (χ4v) is 3.78. The third-order valence-electron chi connectivity index (χ3n) is 5.50. The first-order valence-corrected chi connectivity index (χ1v) is 10.8. The number of carbonyl (C=O) groups excluding carboxylic acids is 1. The number of rotatable bonds is 8. The zero-order valence-corrected chi connectivity index (χ0v) is 18.1. The zero-order chi connectivity index (χ0) is 21.5. The number of unbranched alkanes of at least 4 members (excludes halogenated alkanes) is 3. The van der Waals surface area contributed by atoms with E-state index in [0.717, 1.165) is 25.2 Å². The molecule has 162 valence electrons. The molecule has 0 saturated carbocycles. The van der Waals surface area contributed by atoms with Gasteiger partial charge in [0.2, 0.25) is 11.8 Å². The van der Waals surface area contributed by atoms with Gasteiger partial charge in [0.05, 0.1) is 0 Å². The smallest absolute Gasteiger partial charge is 0.224 e. The van der Waals surface area contributed by atoms with E-state index in [2.05, 4.69) is 28.7 Å². The van der Waals surface area contributed by atoms with Crippen molar-refractivity contribution in [2.45, 2.75) is 58.9 Å². The minimum Gasteiger partial charge on any atom is -0.439 e. The van der Waals surface area contributed by atoms with Gasteiger partial charge in [0, 0.05) is 38.2 Å². The molecule has 0 N–H and O–H groups in total. The van der Waals surface area contributed by atoms with E-state index >= 15 is 0 Å². The van der Waals surface area contributed by atoms with Gasteiger partial charge >= 0.3 is 0 Å². The summed E-state index contributed by atoms with van der Waals surface area (Å²) >= 11 is 0. The van der Waals surface area contributed by atoms with Gasteiger partial charge in [-0.25, -0.2) is 14.4 Å². The number of hydrogen-bond donors (Lipinski definition) is 0. The average Bonchev–Trinajstić information content (AvgIpc) is 2.73. The van der Waals surface area contributed by atoms with Crippen LogP contribution in [0.2, 0.25) is 0 Å². The highest BCUT2D eigenvalue weighted by atomic mass is 19.1. The Kier molecular flexibility index (Phi) is 7.60. The van der Waals surface area contributed by atoms with Crippen molar-refractivity contribution < 1.29 is 13.9 Å². The van der Waals surface area contributed by atoms with Crippen LogP contribution in [0.4, 0.5) is 10.2 Å². The van der Waals surface area contributed by atoms with E-state index in [1.165, 1.54) is 31.3 Å². The number of anilines is 1. The molecular weight excluding hydrogens is 383 g/mol. The number of benzene rings is 1. The maximum absolute atomic E-state index is 13.3. The van der Waals surface area contributed by atoms with Gasteiger partial charge in [-0.15, -0.1) is 0 Å². The van der Waals surface area contributed by atoms with Crippen molar-refractivity contribution in [3.8, 4) is 11.6 Å². The number of carbonyl (C=O) groups is 1. The molecule has 0 unspecified atom stereocenters. The summed E-state index contributed by atoms with van der Waals surface area (Å²) in [5, 5.41) is 0. The summed E-state index contributed by atoms with van der Waals surface area (Å²) in [6.45, 7) is 8.17. The number of hydrogen-bond acceptors (Lipinski definition) is 5. The molecule has 0 bridgehead atoms. The molecule has 1 aliphatic rings. The van der Waals surface area contributed by atoms with E-state index in [1.807, 2.05) is 4.90 Å². The Morgan fingerprint density at radius 1 is 1.20 bits per heavy atom. The van der Waals surface area contributed by atoms with Gasteiger partial charge < -0.3 is 14.5 Å². The number of aryl methyl sites for hydroxylation is 1. The van der Waals surface area contributed by atoms with E-state index in [-0.39, 0.29) is 17.8 Å². The molecule has 0 radical (unpaired) electrons. The Hall–Kier alpha value is -2.70. The number of amides is 1. The Morgan fingerprint density at radius 2 is 2.03 bits per heavy atom. The van der Waals surface area contributed by atoms with Crippen LogP contribution in [0.15, 0.2) is 30.6 Å². The van der Waals surface area contributed by atoms with Crippen LogP contribution in [0.3, 0.4) is 0 Å². The van der Waals surface area contributed by atoms with Crippen LogP contribution in [-0.2, 0) is 4.79 Å². The van der Waals surface area contributed by atoms with E-state index in [4.69, 9.17) is 4.74 Å². The highest BCUT2D eigenvalue weighted by Crippen LogP contribution is 2.27. The van der Waals surface area contributed by atoms with Gasteiger partial charge in [-0.05, 0) is 44.0 Å². The first-order valence-electron chi connectivity index (χ1n) is 10.8. The molecule has 2 heterocycles. The Balaban J connectivity index is 1.60. The van der Waals surface area contributed by atoms with Crippen LogP contribution in [0, 0.1) is 12.7 Å². The zero-order valence-electron chi connectivity index (χ0n) is 18.1. The summed E-state index contributed by atoms with van der Waals surface area (Å²) < 4.78 is 19.1. The minimum atomic E-state index is -0.296. The Morgan fingerprint density at radius 3 is 2.77 bits per heavy atom. The molecule has 1 aromatic heterocycles. The molecule has 1 atom stereocenters. The second-order valence-electron chi connectivity index (χ2n) is 7.92. The number of ether oxygens (including phenoxy) is 1. The molecule has 6 nitrogen and oxygen atoms in total. The first-order chi connectivity index (χ1) is 14.5. The topological polar surface area (TPSA) is 58.6 Å². The van der Waals surface area contributed by atoms with Crippen molar-refractivity contribution >= 4 is 11.7 Å². The maximum atomic E-state index is 13.3. The van der Waals surface area contributed by atoms with Crippen molar-refractivity contribution in [1.29, 1.82) is 0 Å². The molecule has 2 aromatic rings. The normalized spacial score (nSPS) is 16.6. The summed E-state index contributed by atoms with van der Waals surface area (Å²) in [5.74, 6) is 1.69. The second kappa shape index (κ2) is 10.4. The Bertz CT molecular complexity index is 861. The summed E-state index contributed by atoms with van der Waals surface area (Å²) in [4.78, 5) is 25.3. The van der Waals surface area contributed by atoms with Gasteiger partial charge in [-0.1, -0.05) is 26.2 Å². The highest BCUT2D eigenvalue weighted by molar-refractivity contribution is 5.76. The molecule has 0 spiro atoms. The third kappa shape index (κ3) is 5.68. The lowest BCUT2D eigenvalue weighted by Crippen LogP contribution is -2.54. The maximum Gasteiger partial charge on any atom is 0.224 e. The van der Waals surface area contributed by atoms with Crippen LogP contribution in [0.5, 0.6) is 11.6 Å². The summed E-state index contributed by atoms with van der Waals surface area (Å²) in [6, 6.07) is 6.30. The molecule has 7 heteroatoms. The van der Waals surface area contributed by atoms with Crippen molar-refractivity contribution in [1.82, 2.24) is 14.9 Å². The lowest BCUT2D eigenvalue weighted by molar-refractivity contribution is -0.133. The van der Waals surface area contributed by atoms with Crippen LogP contribution in [0.25, 0.3) is 0 Å². The van der Waals surface area contributed by atoms with Crippen molar-refractivity contribution in [3.05, 3.63) is 42.0 Å². The summed E-state index contributed by atoms with van der Waals surface area (Å²) in [7, 11) is 0. The van der Waals surface area contributed by atoms with E-state index < -0.39 is 0 Å². The monoisotopic (exact) mass is 414 g/mol. The van der Waals surface area contributed by atoms with Crippen molar-refractivity contribution in [3.63, 3.8) is 0 Å². The van der Waals surface area contributed by atoms with E-state index in [0.29, 0.717) is 36.7 Å². The third-order valence-corrected chi connectivity index (χ3v) is 5.50. The number of piperazine rings is 1. The molecule has 1 aliphatic heterocycles. The predicted molar refractivity (Wildman–Crippen MR) is 115 cm³/mol. The van der Waals surface area contributed by atoms with Gasteiger partial charge in [0.25, 0.3) is 0 Å². The number of halogens is 1. The molecular formula is C23H31FN4O2. The molecule has 1 amide bonds. The van der Waals surface area contributed by atoms with Gasteiger partial charge in [0.15, 0.2) is 0 Å². The van der Waals surface area contributed by atoms with Crippen molar-refractivity contribution in [2.24, 2.45) is 0 Å². The lowest BCUT2D eigenvalue weighted by atomic mass is 10.1. The number of aromatic nitrogens is 2. The van der Waals surface area contributed by atoms with Crippen LogP contribution in [-0.4, -0.2) is 46.5 Å². The minimum absolute atomic E-state index is 0.121. The number of nitrogens with zero attached hydrogens (tertiary/aromatic N) is 4. The van der Waals surface area contributed by atoms with E-state index in [9.17, 15) is 9.18 Å². The standard InChI is InChI=1S/C23H31FN4O2/c1-4-5-6-7-8-23(29)28-12-11-27(15-18(28)3)21-14-22(26-16-25-21)30-20-10-9-19(24)13-17(20)2/h9-10,13-14,16,18H,4-8,11-12,15H2,1-3H3/t18-/m1/s1. The predicted octanol–water partition coefficient (Wildman–Crippen LogP) is 4.72. The van der Waals surface area contributed by atoms with Crippen molar-refractivity contribution in [2.75, 3.05) is 24.5 Å². The van der Waals surface area contributed by atoms with E-state index in [1.54, 1.807) is 19.1 Å². The van der Waals surface area contributed by atoms with Gasteiger partial charge in [0.1, 0.15) is 23.7 Å². The summed E-state index contributed by atoms with van der Waals surface area (Å²) in [5.41, 5.74) is 0.704. The quantitative estimate of drug-likeness (QED) is 0.585. The molecule has 1 aromatic carbocycles. The molecule has 1 saturated heterocycles. The van der Waals surface area contributed by atoms with Gasteiger partial charge in [-0.3, -0.25) is 4.79 Å². The summed E-state index contributed by atoms with van der Waals surface area (Å²) in [6.07, 6.45) is 6.55. The molecule has 3 rings (SSSR count). The van der Waals surface area contributed by atoms with Gasteiger partial charge in [-0.2, -0.15) is 0 Å². The fourth-order valence-electron chi connectivity index (χ4n) is 3.78. The lowest BCUT2D eigenvalue weighted by Gasteiger charge is -2.40. The van der Waals surface area contributed by atoms with Crippen LogP contribution < -0.4 is 9.64 Å². The second-order valence-corrected chi connectivity index (χ2v) is 7.92. The molecule has 1 fully saturated rings. The first kappa shape index (κ1) is 22.0. The SMILES string of the molecule is CCCCCCC(=O)N1CCN(c2cc(Oc3ccc(F)cc3C)ncn2)C[C@H]1C. The Labute approximate surface area is 178 Å². The largest absolute Gasteiger partial charge is 0.439 e. The van der Waals surface area contributed by atoms with Crippen LogP contribution >= 0.6 is 0 Å². The molecule has 0 aliphatic carbocycles. The fraction of sp³-hybridized carbons (Fsp3) is 0.522.